The SMILES string of the molecule is COC1=C(OC)C(=O)C(C2COc3cc(OC)ccc3C2)=CC1=O. The second kappa shape index (κ2) is 6.39. The molecule has 1 heterocycles. The Kier molecular flexibility index (Phi) is 4.29. The van der Waals surface area contributed by atoms with Gasteiger partial charge in [0.1, 0.15) is 11.5 Å². The van der Waals surface area contributed by atoms with Crippen molar-refractivity contribution in [1.82, 2.24) is 0 Å². The van der Waals surface area contributed by atoms with E-state index < -0.39 is 0 Å². The summed E-state index contributed by atoms with van der Waals surface area (Å²) in [6, 6.07) is 5.57. The van der Waals surface area contributed by atoms with Crippen molar-refractivity contribution in [1.29, 1.82) is 0 Å². The molecule has 0 spiro atoms. The number of ketones is 2. The summed E-state index contributed by atoms with van der Waals surface area (Å²) < 4.78 is 21.0. The molecule has 1 unspecified atom stereocenters. The number of allylic oxidation sites excluding steroid dienone is 2. The second-order valence-corrected chi connectivity index (χ2v) is 5.55. The van der Waals surface area contributed by atoms with Gasteiger partial charge in [-0.3, -0.25) is 9.59 Å². The van der Waals surface area contributed by atoms with E-state index in [0.29, 0.717) is 24.4 Å². The Balaban J connectivity index is 1.88. The standard InChI is InChI=1S/C18H18O6/c1-21-12-5-4-10-6-11(9-24-15(10)7-12)13-8-14(19)17(22-2)18(23-3)16(13)20/h4-5,7-8,11H,6,9H2,1-3H3. The van der Waals surface area contributed by atoms with Crippen LogP contribution in [-0.2, 0) is 25.5 Å². The molecule has 2 aliphatic rings. The summed E-state index contributed by atoms with van der Waals surface area (Å²) in [6.07, 6.45) is 1.93. The molecule has 0 fully saturated rings. The van der Waals surface area contributed by atoms with Gasteiger partial charge in [-0.05, 0) is 24.1 Å². The molecule has 24 heavy (non-hydrogen) atoms. The molecule has 1 atom stereocenters. The number of methoxy groups -OCH3 is 3. The summed E-state index contributed by atoms with van der Waals surface area (Å²) in [5.41, 5.74) is 1.35. The second-order valence-electron chi connectivity index (χ2n) is 5.55. The lowest BCUT2D eigenvalue weighted by atomic mass is 9.84. The zero-order valence-electron chi connectivity index (χ0n) is 13.8. The van der Waals surface area contributed by atoms with Gasteiger partial charge in [0.25, 0.3) is 0 Å². The Morgan fingerprint density at radius 2 is 1.79 bits per heavy atom. The molecule has 126 valence electrons. The van der Waals surface area contributed by atoms with Crippen molar-refractivity contribution in [3.63, 3.8) is 0 Å². The molecule has 3 rings (SSSR count). The summed E-state index contributed by atoms with van der Waals surface area (Å²) in [5, 5.41) is 0. The van der Waals surface area contributed by atoms with Crippen LogP contribution >= 0.6 is 0 Å². The Hall–Kier alpha value is -2.76. The molecule has 1 aromatic carbocycles. The van der Waals surface area contributed by atoms with Crippen LogP contribution in [0, 0.1) is 5.92 Å². The van der Waals surface area contributed by atoms with E-state index in [9.17, 15) is 9.59 Å². The Bertz CT molecular complexity index is 759. The van der Waals surface area contributed by atoms with E-state index in [-0.39, 0.29) is 29.0 Å². The third kappa shape index (κ3) is 2.64. The van der Waals surface area contributed by atoms with E-state index in [2.05, 4.69) is 0 Å². The molecule has 0 N–H and O–H groups in total. The summed E-state index contributed by atoms with van der Waals surface area (Å²) in [5.74, 6) is 0.411. The van der Waals surface area contributed by atoms with Crippen molar-refractivity contribution in [3.8, 4) is 11.5 Å². The van der Waals surface area contributed by atoms with Gasteiger partial charge in [-0.25, -0.2) is 0 Å². The van der Waals surface area contributed by atoms with Gasteiger partial charge in [0.15, 0.2) is 0 Å². The zero-order chi connectivity index (χ0) is 17.3. The average Bonchev–Trinajstić information content (AvgIpc) is 2.61. The highest BCUT2D eigenvalue weighted by Crippen LogP contribution is 2.35. The van der Waals surface area contributed by atoms with Gasteiger partial charge in [0.05, 0.1) is 27.9 Å². The van der Waals surface area contributed by atoms with E-state index in [1.54, 1.807) is 7.11 Å². The molecular formula is C18H18O6. The Morgan fingerprint density at radius 3 is 2.46 bits per heavy atom. The van der Waals surface area contributed by atoms with Gasteiger partial charge in [0, 0.05) is 17.6 Å². The van der Waals surface area contributed by atoms with Gasteiger partial charge in [-0.2, -0.15) is 0 Å². The highest BCUT2D eigenvalue weighted by molar-refractivity contribution is 6.21. The molecular weight excluding hydrogens is 312 g/mol. The van der Waals surface area contributed by atoms with Crippen molar-refractivity contribution in [2.24, 2.45) is 5.92 Å². The number of Topliss-reactive ketones (excluding diaryl/α,β-unsaturated/α-hetero) is 1. The third-order valence-electron chi connectivity index (χ3n) is 4.21. The number of carbonyl (C=O) groups is 2. The highest BCUT2D eigenvalue weighted by atomic mass is 16.5. The maximum atomic E-state index is 12.6. The lowest BCUT2D eigenvalue weighted by Crippen LogP contribution is -2.31. The molecule has 0 radical (unpaired) electrons. The molecule has 1 aliphatic carbocycles. The van der Waals surface area contributed by atoms with Crippen molar-refractivity contribution in [2.45, 2.75) is 6.42 Å². The molecule has 6 nitrogen and oxygen atoms in total. The van der Waals surface area contributed by atoms with E-state index in [4.69, 9.17) is 18.9 Å². The van der Waals surface area contributed by atoms with Crippen molar-refractivity contribution in [2.75, 3.05) is 27.9 Å². The number of rotatable bonds is 4. The first-order valence-electron chi connectivity index (χ1n) is 7.51. The van der Waals surface area contributed by atoms with E-state index in [1.807, 2.05) is 18.2 Å². The van der Waals surface area contributed by atoms with Crippen LogP contribution in [0.25, 0.3) is 0 Å². The number of carbonyl (C=O) groups excluding carboxylic acids is 2. The Labute approximate surface area is 139 Å². The lowest BCUT2D eigenvalue weighted by Gasteiger charge is -2.28. The van der Waals surface area contributed by atoms with Gasteiger partial charge >= 0.3 is 0 Å². The summed E-state index contributed by atoms with van der Waals surface area (Å²) in [6.45, 7) is 0.310. The average molecular weight is 330 g/mol. The number of ether oxygens (including phenoxy) is 4. The monoisotopic (exact) mass is 330 g/mol. The van der Waals surface area contributed by atoms with Gasteiger partial charge in [-0.15, -0.1) is 0 Å². The quantitative estimate of drug-likeness (QED) is 0.785. The van der Waals surface area contributed by atoms with Crippen LogP contribution in [0.5, 0.6) is 11.5 Å². The number of benzene rings is 1. The fraction of sp³-hybridized carbons (Fsp3) is 0.333. The minimum atomic E-state index is -0.371. The first kappa shape index (κ1) is 16.1. The topological polar surface area (TPSA) is 71.1 Å². The molecule has 0 bridgehead atoms. The van der Waals surface area contributed by atoms with Crippen LogP contribution in [0.3, 0.4) is 0 Å². The van der Waals surface area contributed by atoms with Crippen LogP contribution in [-0.4, -0.2) is 39.5 Å². The highest BCUT2D eigenvalue weighted by Gasteiger charge is 2.36. The summed E-state index contributed by atoms with van der Waals surface area (Å²) >= 11 is 0. The van der Waals surface area contributed by atoms with Crippen LogP contribution < -0.4 is 9.47 Å². The minimum absolute atomic E-state index is 0.0551. The predicted octanol–water partition coefficient (Wildman–Crippen LogP) is 1.83. The number of hydrogen-bond acceptors (Lipinski definition) is 6. The predicted molar refractivity (Wildman–Crippen MR) is 84.8 cm³/mol. The molecule has 0 saturated carbocycles. The molecule has 6 heteroatoms. The van der Waals surface area contributed by atoms with E-state index in [0.717, 1.165) is 11.3 Å². The van der Waals surface area contributed by atoms with E-state index >= 15 is 0 Å². The number of hydrogen-bond donors (Lipinski definition) is 0. The van der Waals surface area contributed by atoms with Crippen LogP contribution in [0.15, 0.2) is 41.4 Å². The Morgan fingerprint density at radius 1 is 1.04 bits per heavy atom. The fourth-order valence-electron chi connectivity index (χ4n) is 2.98. The number of fused-ring (bicyclic) bond motifs is 1. The molecule has 0 aromatic heterocycles. The largest absolute Gasteiger partial charge is 0.497 e. The first-order chi connectivity index (χ1) is 11.6. The summed E-state index contributed by atoms with van der Waals surface area (Å²) in [7, 11) is 4.28. The minimum Gasteiger partial charge on any atom is -0.497 e. The summed E-state index contributed by atoms with van der Waals surface area (Å²) in [4.78, 5) is 24.8. The van der Waals surface area contributed by atoms with E-state index in [1.165, 1.54) is 20.3 Å². The van der Waals surface area contributed by atoms with Crippen LogP contribution in [0.4, 0.5) is 0 Å². The van der Waals surface area contributed by atoms with Gasteiger partial charge in [0.2, 0.25) is 23.1 Å². The molecule has 0 saturated heterocycles. The van der Waals surface area contributed by atoms with Gasteiger partial charge in [-0.1, -0.05) is 6.07 Å². The van der Waals surface area contributed by atoms with Gasteiger partial charge < -0.3 is 18.9 Å². The molecule has 1 aliphatic heterocycles. The van der Waals surface area contributed by atoms with Crippen molar-refractivity contribution in [3.05, 3.63) is 46.9 Å². The van der Waals surface area contributed by atoms with Crippen molar-refractivity contribution < 1.29 is 28.5 Å². The maximum absolute atomic E-state index is 12.6. The third-order valence-corrected chi connectivity index (χ3v) is 4.21. The van der Waals surface area contributed by atoms with Crippen molar-refractivity contribution >= 4 is 11.6 Å². The lowest BCUT2D eigenvalue weighted by molar-refractivity contribution is -0.121. The maximum Gasteiger partial charge on any atom is 0.228 e. The zero-order valence-corrected chi connectivity index (χ0v) is 13.8. The van der Waals surface area contributed by atoms with Crippen LogP contribution in [0.1, 0.15) is 5.56 Å². The molecule has 1 aromatic rings. The first-order valence-corrected chi connectivity index (χ1v) is 7.51. The van der Waals surface area contributed by atoms with Crippen LogP contribution in [0.2, 0.25) is 0 Å². The smallest absolute Gasteiger partial charge is 0.228 e. The normalized spacial score (nSPS) is 20.1. The fourth-order valence-corrected chi connectivity index (χ4v) is 2.98. The molecule has 0 amide bonds.